The summed E-state index contributed by atoms with van der Waals surface area (Å²) in [5, 5.41) is 11.8. The largest absolute Gasteiger partial charge is 0.545 e. The van der Waals surface area contributed by atoms with Gasteiger partial charge in [-0.3, -0.25) is 14.5 Å². The predicted molar refractivity (Wildman–Crippen MR) is 72.1 cm³/mol. The number of rotatable bonds is 3. The first-order chi connectivity index (χ1) is 10.0. The Balaban J connectivity index is 2.30. The lowest BCUT2D eigenvalue weighted by Gasteiger charge is -2.50. The Labute approximate surface area is 121 Å². The molecule has 2 heterocycles. The summed E-state index contributed by atoms with van der Waals surface area (Å²) in [4.78, 5) is 39.0. The molecule has 1 atom stereocenters. The summed E-state index contributed by atoms with van der Waals surface area (Å²) in [6, 6.07) is 6.51. The number of hydrogen-bond donors (Lipinski definition) is 0. The van der Waals surface area contributed by atoms with Crippen LogP contribution in [0, 0.1) is 0 Å². The lowest BCUT2D eigenvalue weighted by Crippen LogP contribution is -2.71. The van der Waals surface area contributed by atoms with Crippen LogP contribution in [0.2, 0.25) is 0 Å². The quantitative estimate of drug-likeness (QED) is 0.726. The summed E-state index contributed by atoms with van der Waals surface area (Å²) in [5.41, 5.74) is -1.11. The zero-order chi connectivity index (χ0) is 15.2. The Morgan fingerprint density at radius 3 is 2.76 bits per heavy atom. The molecule has 2 aliphatic rings. The van der Waals surface area contributed by atoms with Gasteiger partial charge in [-0.15, -0.1) is 6.58 Å². The first-order valence-electron chi connectivity index (χ1n) is 6.60. The van der Waals surface area contributed by atoms with E-state index in [1.807, 2.05) is 0 Å². The number of carboxylic acids is 1. The minimum atomic E-state index is -1.75. The van der Waals surface area contributed by atoms with Crippen molar-refractivity contribution in [3.05, 3.63) is 42.5 Å². The Kier molecular flexibility index (Phi) is 2.83. The summed E-state index contributed by atoms with van der Waals surface area (Å²) >= 11 is 0. The third kappa shape index (κ3) is 1.55. The van der Waals surface area contributed by atoms with Crippen LogP contribution < -0.4 is 10.0 Å². The third-order valence-corrected chi connectivity index (χ3v) is 4.01. The Hall–Kier alpha value is -2.63. The van der Waals surface area contributed by atoms with Gasteiger partial charge in [0.2, 0.25) is 5.91 Å². The highest BCUT2D eigenvalue weighted by Gasteiger charge is 2.56. The Morgan fingerprint density at radius 1 is 1.38 bits per heavy atom. The highest BCUT2D eigenvalue weighted by Crippen LogP contribution is 2.43. The van der Waals surface area contributed by atoms with E-state index >= 15 is 0 Å². The number of hydrogen-bond acceptors (Lipinski definition) is 4. The fourth-order valence-electron chi connectivity index (χ4n) is 3.13. The van der Waals surface area contributed by atoms with Crippen molar-refractivity contribution in [3.8, 4) is 0 Å². The molecule has 0 radical (unpaired) electrons. The third-order valence-electron chi connectivity index (χ3n) is 4.01. The maximum atomic E-state index is 12.6. The fraction of sp³-hybridized carbons (Fsp3) is 0.267. The number of carbonyl (C=O) groups excluding carboxylic acids is 3. The molecular formula is C15H13N2O4-. The van der Waals surface area contributed by atoms with Crippen LogP contribution in [0.5, 0.6) is 0 Å². The van der Waals surface area contributed by atoms with E-state index in [0.29, 0.717) is 11.3 Å². The molecule has 1 aromatic rings. The van der Waals surface area contributed by atoms with Crippen molar-refractivity contribution >= 4 is 23.5 Å². The van der Waals surface area contributed by atoms with Gasteiger partial charge in [0.25, 0.3) is 5.91 Å². The second-order valence-corrected chi connectivity index (χ2v) is 5.05. The molecule has 0 unspecified atom stereocenters. The van der Waals surface area contributed by atoms with Crippen molar-refractivity contribution in [3.63, 3.8) is 0 Å². The van der Waals surface area contributed by atoms with Gasteiger partial charge >= 0.3 is 0 Å². The first kappa shape index (κ1) is 13.4. The SMILES string of the molecule is C=CCN1C(=O)c2ccccc2N2C(=O)CC[C@]12C(=O)[O-]. The van der Waals surface area contributed by atoms with E-state index in [1.54, 1.807) is 24.3 Å². The Morgan fingerprint density at radius 2 is 2.10 bits per heavy atom. The van der Waals surface area contributed by atoms with Gasteiger partial charge < -0.3 is 14.8 Å². The standard InChI is InChI=1S/C15H14N2O4/c1-2-9-16-13(19)10-5-3-4-6-11(10)17-12(18)7-8-15(16,17)14(20)21/h2-6H,1,7-9H2,(H,20,21)/p-1/t15-/m0/s1. The van der Waals surface area contributed by atoms with Gasteiger partial charge in [0.1, 0.15) is 0 Å². The molecule has 0 aromatic heterocycles. The van der Waals surface area contributed by atoms with Gasteiger partial charge in [0.15, 0.2) is 5.66 Å². The number of carboxylic acid groups (broad SMARTS) is 1. The van der Waals surface area contributed by atoms with E-state index in [4.69, 9.17) is 0 Å². The van der Waals surface area contributed by atoms with Crippen LogP contribution in [-0.4, -0.2) is 34.9 Å². The first-order valence-corrected chi connectivity index (χ1v) is 6.60. The molecule has 1 aromatic carbocycles. The van der Waals surface area contributed by atoms with Crippen molar-refractivity contribution in [1.82, 2.24) is 4.90 Å². The van der Waals surface area contributed by atoms with E-state index in [9.17, 15) is 19.5 Å². The van der Waals surface area contributed by atoms with Crippen LogP contribution in [-0.2, 0) is 9.59 Å². The van der Waals surface area contributed by atoms with Crippen molar-refractivity contribution < 1.29 is 19.5 Å². The fourth-order valence-corrected chi connectivity index (χ4v) is 3.13. The van der Waals surface area contributed by atoms with Crippen LogP contribution in [0.15, 0.2) is 36.9 Å². The average molecular weight is 285 g/mol. The minimum absolute atomic E-state index is 0.0160. The number of fused-ring (bicyclic) bond motifs is 3. The molecule has 1 saturated heterocycles. The predicted octanol–water partition coefficient (Wildman–Crippen LogP) is -0.0986. The van der Waals surface area contributed by atoms with Crippen LogP contribution >= 0.6 is 0 Å². The van der Waals surface area contributed by atoms with E-state index in [0.717, 1.165) is 4.90 Å². The maximum Gasteiger partial charge on any atom is 0.258 e. The van der Waals surface area contributed by atoms with Crippen molar-refractivity contribution in [2.45, 2.75) is 18.5 Å². The van der Waals surface area contributed by atoms with Gasteiger partial charge in [-0.2, -0.15) is 0 Å². The number of benzene rings is 1. The topological polar surface area (TPSA) is 80.8 Å². The van der Waals surface area contributed by atoms with E-state index in [1.165, 1.54) is 11.0 Å². The molecule has 2 amide bonds. The number of amides is 2. The second kappa shape index (κ2) is 4.44. The smallest absolute Gasteiger partial charge is 0.258 e. The lowest BCUT2D eigenvalue weighted by atomic mass is 9.96. The minimum Gasteiger partial charge on any atom is -0.545 e. The molecule has 0 N–H and O–H groups in total. The highest BCUT2D eigenvalue weighted by atomic mass is 16.4. The van der Waals surface area contributed by atoms with Crippen molar-refractivity contribution in [1.29, 1.82) is 0 Å². The molecule has 21 heavy (non-hydrogen) atoms. The molecule has 0 saturated carbocycles. The molecule has 1 fully saturated rings. The van der Waals surface area contributed by atoms with Gasteiger partial charge in [-0.25, -0.2) is 0 Å². The molecule has 2 aliphatic heterocycles. The lowest BCUT2D eigenvalue weighted by molar-refractivity contribution is -0.317. The summed E-state index contributed by atoms with van der Waals surface area (Å²) in [6.45, 7) is 3.59. The zero-order valence-corrected chi connectivity index (χ0v) is 11.2. The van der Waals surface area contributed by atoms with E-state index in [-0.39, 0.29) is 25.3 Å². The molecule has 108 valence electrons. The van der Waals surface area contributed by atoms with Gasteiger partial charge in [0, 0.05) is 19.4 Å². The summed E-state index contributed by atoms with van der Waals surface area (Å²) in [5.74, 6) is -2.20. The van der Waals surface area contributed by atoms with Crippen LogP contribution in [0.3, 0.4) is 0 Å². The van der Waals surface area contributed by atoms with E-state index < -0.39 is 17.5 Å². The molecule has 6 heteroatoms. The highest BCUT2D eigenvalue weighted by molar-refractivity contribution is 6.15. The summed E-state index contributed by atoms with van der Waals surface area (Å²) in [6.07, 6.45) is 1.52. The van der Waals surface area contributed by atoms with Crippen molar-refractivity contribution in [2.24, 2.45) is 0 Å². The zero-order valence-electron chi connectivity index (χ0n) is 11.2. The summed E-state index contributed by atoms with van der Waals surface area (Å²) < 4.78 is 0. The molecular weight excluding hydrogens is 272 g/mol. The molecule has 3 rings (SSSR count). The van der Waals surface area contributed by atoms with Gasteiger partial charge in [-0.1, -0.05) is 18.2 Å². The van der Waals surface area contributed by atoms with Crippen molar-refractivity contribution in [2.75, 3.05) is 11.4 Å². The van der Waals surface area contributed by atoms with Crippen LogP contribution in [0.1, 0.15) is 23.2 Å². The molecule has 0 aliphatic carbocycles. The molecule has 0 spiro atoms. The maximum absolute atomic E-state index is 12.6. The van der Waals surface area contributed by atoms with Crippen LogP contribution in [0.25, 0.3) is 0 Å². The summed E-state index contributed by atoms with van der Waals surface area (Å²) in [7, 11) is 0. The normalized spacial score (nSPS) is 23.8. The Bertz CT molecular complexity index is 669. The average Bonchev–Trinajstić information content (AvgIpc) is 2.82. The van der Waals surface area contributed by atoms with Crippen LogP contribution in [0.4, 0.5) is 5.69 Å². The molecule has 6 nitrogen and oxygen atoms in total. The number of carbonyl (C=O) groups is 3. The van der Waals surface area contributed by atoms with E-state index in [2.05, 4.69) is 6.58 Å². The van der Waals surface area contributed by atoms with Gasteiger partial charge in [0.05, 0.1) is 17.2 Å². The number of aliphatic carboxylic acids is 1. The number of anilines is 1. The second-order valence-electron chi connectivity index (χ2n) is 5.05. The molecule has 0 bridgehead atoms. The van der Waals surface area contributed by atoms with Gasteiger partial charge in [-0.05, 0) is 12.1 Å². The number of para-hydroxylation sites is 1. The monoisotopic (exact) mass is 285 g/mol. The number of nitrogens with zero attached hydrogens (tertiary/aromatic N) is 2.